The van der Waals surface area contributed by atoms with Gasteiger partial charge in [-0.3, -0.25) is 0 Å². The molecule has 0 aliphatic heterocycles. The molecular formula is C38H30N3P. The van der Waals surface area contributed by atoms with Gasteiger partial charge >= 0.3 is 0 Å². The van der Waals surface area contributed by atoms with Crippen LogP contribution in [0.5, 0.6) is 0 Å². The van der Waals surface area contributed by atoms with Gasteiger partial charge in [-0.25, -0.2) is 15.0 Å². The third kappa shape index (κ3) is 4.93. The third-order valence-corrected chi connectivity index (χ3v) is 9.39. The van der Waals surface area contributed by atoms with Crippen LogP contribution in [0.1, 0.15) is 0 Å². The lowest BCUT2D eigenvalue weighted by atomic mass is 9.92. The summed E-state index contributed by atoms with van der Waals surface area (Å²) in [4.78, 5) is 14.8. The molecule has 0 atom stereocenters. The molecule has 0 fully saturated rings. The fourth-order valence-electron chi connectivity index (χ4n) is 5.47. The van der Waals surface area contributed by atoms with Crippen LogP contribution >= 0.6 is 6.89 Å². The van der Waals surface area contributed by atoms with E-state index in [0.29, 0.717) is 17.5 Å². The molecule has 3 nitrogen and oxygen atoms in total. The van der Waals surface area contributed by atoms with Gasteiger partial charge in [-0.15, -0.1) is 0 Å². The van der Waals surface area contributed by atoms with E-state index in [0.717, 1.165) is 22.1 Å². The molecule has 6 aromatic carbocycles. The van der Waals surface area contributed by atoms with E-state index in [2.05, 4.69) is 92.4 Å². The Kier molecular flexibility index (Phi) is 6.53. The van der Waals surface area contributed by atoms with Crippen LogP contribution in [0.2, 0.25) is 0 Å². The van der Waals surface area contributed by atoms with Crippen LogP contribution in [0.3, 0.4) is 0 Å². The van der Waals surface area contributed by atoms with Crippen molar-refractivity contribution in [3.05, 3.63) is 133 Å². The molecule has 0 aliphatic rings. The molecule has 7 aromatic rings. The van der Waals surface area contributed by atoms with Gasteiger partial charge in [0.2, 0.25) is 0 Å². The summed E-state index contributed by atoms with van der Waals surface area (Å²) < 4.78 is 0. The van der Waals surface area contributed by atoms with Crippen molar-refractivity contribution in [2.24, 2.45) is 0 Å². The summed E-state index contributed by atoms with van der Waals surface area (Å²) in [6.45, 7) is 3.18. The Morgan fingerprint density at radius 2 is 0.952 bits per heavy atom. The van der Waals surface area contributed by atoms with Crippen LogP contribution in [0.15, 0.2) is 133 Å². The normalized spacial score (nSPS) is 11.7. The van der Waals surface area contributed by atoms with Crippen LogP contribution in [0, 0.1) is 0 Å². The monoisotopic (exact) mass is 559 g/mol. The molecule has 0 aliphatic carbocycles. The number of aromatic nitrogens is 3. The van der Waals surface area contributed by atoms with E-state index in [4.69, 9.17) is 15.0 Å². The average molecular weight is 560 g/mol. The van der Waals surface area contributed by atoms with Crippen molar-refractivity contribution in [1.82, 2.24) is 15.0 Å². The van der Waals surface area contributed by atoms with E-state index >= 15 is 0 Å². The van der Waals surface area contributed by atoms with Crippen molar-refractivity contribution in [3.8, 4) is 45.3 Å². The predicted octanol–water partition coefficient (Wildman–Crippen LogP) is 9.18. The molecule has 42 heavy (non-hydrogen) atoms. The van der Waals surface area contributed by atoms with E-state index in [9.17, 15) is 0 Å². The van der Waals surface area contributed by atoms with Crippen molar-refractivity contribution < 1.29 is 0 Å². The molecule has 1 aromatic heterocycles. The zero-order chi connectivity index (χ0) is 28.7. The fourth-order valence-corrected chi connectivity index (χ4v) is 6.43. The van der Waals surface area contributed by atoms with Crippen LogP contribution in [-0.4, -0.2) is 34.6 Å². The maximum absolute atomic E-state index is 4.96. The molecule has 202 valence electrons. The van der Waals surface area contributed by atoms with E-state index in [1.165, 1.54) is 32.6 Å². The van der Waals surface area contributed by atoms with Crippen molar-refractivity contribution >= 4 is 40.0 Å². The van der Waals surface area contributed by atoms with Crippen molar-refractivity contribution in [2.75, 3.05) is 13.3 Å². The Bertz CT molecular complexity index is 2060. The van der Waals surface area contributed by atoms with Crippen LogP contribution in [0.25, 0.3) is 66.8 Å². The Labute approximate surface area is 246 Å². The summed E-state index contributed by atoms with van der Waals surface area (Å²) in [6.07, 6.45) is 4.42. The van der Waals surface area contributed by atoms with E-state index in [1.807, 2.05) is 60.7 Å². The first-order valence-electron chi connectivity index (χ1n) is 14.1. The second kappa shape index (κ2) is 10.5. The van der Waals surface area contributed by atoms with Gasteiger partial charge in [0.05, 0.1) is 0 Å². The number of fused-ring (bicyclic) bond motifs is 3. The number of rotatable bonds is 5. The standard InChI is InChI=1S/C38H30N3P/c1-42(2,3)31-21-18-26(19-22-31)35-25-30-24-29(20-23-32(30)33-16-10-11-17-34(33)35)38-40-36(27-12-6-4-7-13-27)39-37(41-38)28-14-8-5-9-15-28/h4-25H,1H2,2-3H3. The number of hydrogen-bond acceptors (Lipinski definition) is 3. The summed E-state index contributed by atoms with van der Waals surface area (Å²) in [7, 11) is 0. The maximum Gasteiger partial charge on any atom is 0.164 e. The number of benzene rings is 6. The zero-order valence-corrected chi connectivity index (χ0v) is 24.6. The number of hydrogen-bond donors (Lipinski definition) is 0. The lowest BCUT2D eigenvalue weighted by molar-refractivity contribution is 1.07. The highest BCUT2D eigenvalue weighted by Crippen LogP contribution is 2.38. The Morgan fingerprint density at radius 1 is 0.452 bits per heavy atom. The SMILES string of the molecule is C=P(C)(C)c1ccc(-c2cc3cc(-c4nc(-c5ccccc5)nc(-c5ccccc5)n4)ccc3c3ccccc23)cc1. The summed E-state index contributed by atoms with van der Waals surface area (Å²) in [6, 6.07) is 46.7. The number of nitrogens with zero attached hydrogens (tertiary/aromatic N) is 3. The van der Waals surface area contributed by atoms with Gasteiger partial charge in [0.1, 0.15) is 0 Å². The summed E-state index contributed by atoms with van der Waals surface area (Å²) in [5.74, 6) is 1.98. The summed E-state index contributed by atoms with van der Waals surface area (Å²) in [5.41, 5.74) is 5.30. The van der Waals surface area contributed by atoms with Gasteiger partial charge in [-0.1, -0.05) is 135 Å². The van der Waals surface area contributed by atoms with Crippen molar-refractivity contribution in [3.63, 3.8) is 0 Å². The zero-order valence-electron chi connectivity index (χ0n) is 23.7. The lowest BCUT2D eigenvalue weighted by Gasteiger charge is -2.15. The molecule has 1 heterocycles. The Morgan fingerprint density at radius 3 is 1.52 bits per heavy atom. The highest BCUT2D eigenvalue weighted by Gasteiger charge is 2.15. The first kappa shape index (κ1) is 26.1. The Hall–Kier alpha value is -4.85. The average Bonchev–Trinajstić information content (AvgIpc) is 3.04. The van der Waals surface area contributed by atoms with Gasteiger partial charge in [0.25, 0.3) is 0 Å². The van der Waals surface area contributed by atoms with Crippen LogP contribution in [-0.2, 0) is 0 Å². The maximum atomic E-state index is 4.96. The second-order valence-electron chi connectivity index (χ2n) is 11.2. The fraction of sp³-hybridized carbons (Fsp3) is 0.0526. The minimum atomic E-state index is -1.33. The smallest absolute Gasteiger partial charge is 0.164 e. The summed E-state index contributed by atoms with van der Waals surface area (Å²) >= 11 is 0. The van der Waals surface area contributed by atoms with Crippen molar-refractivity contribution in [2.45, 2.75) is 0 Å². The van der Waals surface area contributed by atoms with Gasteiger partial charge in [-0.2, -0.15) is 0 Å². The molecule has 0 bridgehead atoms. The van der Waals surface area contributed by atoms with E-state index in [-0.39, 0.29) is 0 Å². The van der Waals surface area contributed by atoms with Crippen molar-refractivity contribution in [1.29, 1.82) is 0 Å². The van der Waals surface area contributed by atoms with Crippen LogP contribution in [0.4, 0.5) is 0 Å². The lowest BCUT2D eigenvalue weighted by Crippen LogP contribution is -2.02. The minimum absolute atomic E-state index is 0.658. The van der Waals surface area contributed by atoms with Gasteiger partial charge in [0.15, 0.2) is 17.5 Å². The topological polar surface area (TPSA) is 38.7 Å². The van der Waals surface area contributed by atoms with Crippen LogP contribution < -0.4 is 5.30 Å². The molecule has 0 saturated carbocycles. The molecule has 0 radical (unpaired) electrons. The van der Waals surface area contributed by atoms with Gasteiger partial charge < -0.3 is 0 Å². The largest absolute Gasteiger partial charge is 0.208 e. The van der Waals surface area contributed by atoms with Gasteiger partial charge in [-0.05, 0) is 63.4 Å². The van der Waals surface area contributed by atoms with E-state index in [1.54, 1.807) is 0 Å². The molecule has 0 unspecified atom stereocenters. The van der Waals surface area contributed by atoms with E-state index < -0.39 is 6.89 Å². The molecule has 0 saturated heterocycles. The predicted molar refractivity (Wildman–Crippen MR) is 182 cm³/mol. The van der Waals surface area contributed by atoms with Gasteiger partial charge in [0, 0.05) is 16.7 Å². The minimum Gasteiger partial charge on any atom is -0.208 e. The molecule has 4 heteroatoms. The molecule has 0 spiro atoms. The first-order chi connectivity index (χ1) is 20.4. The highest BCUT2D eigenvalue weighted by molar-refractivity contribution is 7.79. The molecule has 7 rings (SSSR count). The first-order valence-corrected chi connectivity index (χ1v) is 16.9. The molecular weight excluding hydrogens is 529 g/mol. The summed E-state index contributed by atoms with van der Waals surface area (Å²) in [5, 5.41) is 6.17. The quantitative estimate of drug-likeness (QED) is 0.156. The molecule has 0 amide bonds. The second-order valence-corrected chi connectivity index (χ2v) is 15.1. The highest BCUT2D eigenvalue weighted by atomic mass is 31.2. The third-order valence-electron chi connectivity index (χ3n) is 7.69. The molecule has 0 N–H and O–H groups in total. The Balaban J connectivity index is 1.42.